The van der Waals surface area contributed by atoms with Gasteiger partial charge in [0.1, 0.15) is 5.65 Å². The van der Waals surface area contributed by atoms with E-state index < -0.39 is 0 Å². The van der Waals surface area contributed by atoms with Crippen LogP contribution in [0.5, 0.6) is 0 Å². The highest BCUT2D eigenvalue weighted by molar-refractivity contribution is 5.89. The van der Waals surface area contributed by atoms with E-state index in [2.05, 4.69) is 56.2 Å². The largest absolute Gasteiger partial charge is 0.373 e. The molecule has 6 atom stereocenters. The molecule has 0 radical (unpaired) electrons. The Morgan fingerprint density at radius 2 is 2.06 bits per heavy atom. The van der Waals surface area contributed by atoms with E-state index in [1.54, 1.807) is 23.9 Å². The number of allylic oxidation sites excluding steroid dienone is 1. The number of piperazine rings is 1. The van der Waals surface area contributed by atoms with Gasteiger partial charge < -0.3 is 19.9 Å². The summed E-state index contributed by atoms with van der Waals surface area (Å²) in [5, 5.41) is 4.68. The standard InChI is InChI=1S/C27H34N6O2/c1-17-12-32(23-11-26(34)30(2)27-21(23)4-3-7-29-27)15-24-20-6-5-19(10-18(20)13-33(17)24)31-14-22-25(16-31)35-9-8-28-22/h3-7,10-11,17-18,20,22,24-25,28H,8-9,12-16H2,1-2H3/t17-,18?,20?,22?,24-,25-/m1/s1. The predicted molar refractivity (Wildman–Crippen MR) is 136 cm³/mol. The van der Waals surface area contributed by atoms with Gasteiger partial charge >= 0.3 is 0 Å². The third-order valence-corrected chi connectivity index (χ3v) is 8.90. The fraction of sp³-hybridized carbons (Fsp3) is 0.556. The predicted octanol–water partition coefficient (Wildman–Crippen LogP) is 1.18. The van der Waals surface area contributed by atoms with E-state index >= 15 is 0 Å². The molecule has 2 aromatic heterocycles. The first-order chi connectivity index (χ1) is 17.1. The first-order valence-electron chi connectivity index (χ1n) is 13.0. The molecule has 6 heterocycles. The maximum absolute atomic E-state index is 12.7. The lowest BCUT2D eigenvalue weighted by Gasteiger charge is -2.44. The van der Waals surface area contributed by atoms with Gasteiger partial charge in [0.2, 0.25) is 0 Å². The van der Waals surface area contributed by atoms with E-state index in [4.69, 9.17) is 4.74 Å². The van der Waals surface area contributed by atoms with Crippen molar-refractivity contribution in [3.05, 3.63) is 58.7 Å². The van der Waals surface area contributed by atoms with E-state index in [0.717, 1.165) is 62.6 Å². The maximum Gasteiger partial charge on any atom is 0.253 e. The number of anilines is 1. The van der Waals surface area contributed by atoms with E-state index in [0.29, 0.717) is 36.1 Å². The molecular weight excluding hydrogens is 440 g/mol. The molecule has 2 aromatic rings. The van der Waals surface area contributed by atoms with Crippen LogP contribution in [0.25, 0.3) is 11.0 Å². The Bertz CT molecular complexity index is 1260. The van der Waals surface area contributed by atoms with Crippen molar-refractivity contribution in [2.75, 3.05) is 50.8 Å². The van der Waals surface area contributed by atoms with Crippen LogP contribution in [0.4, 0.5) is 5.69 Å². The normalized spacial score (nSPS) is 34.6. The molecule has 0 saturated carbocycles. The van der Waals surface area contributed by atoms with Gasteiger partial charge in [-0.15, -0.1) is 0 Å². The van der Waals surface area contributed by atoms with Crippen molar-refractivity contribution in [3.63, 3.8) is 0 Å². The van der Waals surface area contributed by atoms with Crippen LogP contribution in [0.3, 0.4) is 0 Å². The number of ether oxygens (including phenoxy) is 1. The number of rotatable bonds is 2. The average molecular weight is 475 g/mol. The molecular formula is C27H34N6O2. The summed E-state index contributed by atoms with van der Waals surface area (Å²) < 4.78 is 7.65. The van der Waals surface area contributed by atoms with E-state index in [-0.39, 0.29) is 5.56 Å². The Hall–Kier alpha value is -2.68. The van der Waals surface area contributed by atoms with Gasteiger partial charge in [-0.1, -0.05) is 12.2 Å². The van der Waals surface area contributed by atoms with Crippen LogP contribution in [-0.2, 0) is 11.8 Å². The van der Waals surface area contributed by atoms with Crippen molar-refractivity contribution in [2.24, 2.45) is 18.9 Å². The van der Waals surface area contributed by atoms with Crippen molar-refractivity contribution >= 4 is 16.7 Å². The van der Waals surface area contributed by atoms with Gasteiger partial charge in [-0.2, -0.15) is 0 Å². The molecule has 0 aromatic carbocycles. The zero-order valence-electron chi connectivity index (χ0n) is 20.5. The molecule has 4 saturated heterocycles. The second kappa shape index (κ2) is 8.18. The maximum atomic E-state index is 12.7. The van der Waals surface area contributed by atoms with Crippen molar-refractivity contribution in [1.29, 1.82) is 0 Å². The minimum Gasteiger partial charge on any atom is -0.373 e. The van der Waals surface area contributed by atoms with Gasteiger partial charge in [-0.25, -0.2) is 4.98 Å². The lowest BCUT2D eigenvalue weighted by molar-refractivity contribution is 0.0186. The summed E-state index contributed by atoms with van der Waals surface area (Å²) in [5.41, 5.74) is 3.14. The van der Waals surface area contributed by atoms with Gasteiger partial charge in [-0.05, 0) is 31.1 Å². The zero-order chi connectivity index (χ0) is 23.7. The van der Waals surface area contributed by atoms with Crippen molar-refractivity contribution in [3.8, 4) is 0 Å². The lowest BCUT2D eigenvalue weighted by atomic mass is 9.85. The number of nitrogens with zero attached hydrogens (tertiary/aromatic N) is 5. The molecule has 4 aliphatic heterocycles. The first-order valence-corrected chi connectivity index (χ1v) is 13.0. The summed E-state index contributed by atoms with van der Waals surface area (Å²) in [6.07, 6.45) is 9.41. The van der Waals surface area contributed by atoms with Crippen LogP contribution >= 0.6 is 0 Å². The monoisotopic (exact) mass is 474 g/mol. The highest BCUT2D eigenvalue weighted by atomic mass is 16.5. The van der Waals surface area contributed by atoms with Crippen LogP contribution in [0.1, 0.15) is 6.92 Å². The Balaban J connectivity index is 1.15. The first kappa shape index (κ1) is 21.6. The minimum atomic E-state index is 0.000341. The summed E-state index contributed by atoms with van der Waals surface area (Å²) in [6, 6.07) is 7.17. The Kier molecular flexibility index (Phi) is 5.05. The second-order valence-corrected chi connectivity index (χ2v) is 10.9. The summed E-state index contributed by atoms with van der Waals surface area (Å²) in [4.78, 5) is 24.9. The molecule has 3 unspecified atom stereocenters. The highest BCUT2D eigenvalue weighted by Gasteiger charge is 2.47. The van der Waals surface area contributed by atoms with Crippen LogP contribution < -0.4 is 15.8 Å². The second-order valence-electron chi connectivity index (χ2n) is 10.9. The van der Waals surface area contributed by atoms with Crippen molar-refractivity contribution < 1.29 is 4.74 Å². The fourth-order valence-electron chi connectivity index (χ4n) is 7.12. The molecule has 4 fully saturated rings. The van der Waals surface area contributed by atoms with E-state index in [1.807, 2.05) is 6.07 Å². The van der Waals surface area contributed by atoms with Crippen LogP contribution in [0.15, 0.2) is 53.1 Å². The van der Waals surface area contributed by atoms with Gasteiger partial charge in [0.25, 0.3) is 5.56 Å². The Labute approximate surface area is 205 Å². The summed E-state index contributed by atoms with van der Waals surface area (Å²) >= 11 is 0. The summed E-state index contributed by atoms with van der Waals surface area (Å²) in [7, 11) is 1.80. The number of aryl methyl sites for hydroxylation is 1. The third kappa shape index (κ3) is 3.45. The number of hydrogen-bond acceptors (Lipinski definition) is 7. The quantitative estimate of drug-likeness (QED) is 0.701. The van der Waals surface area contributed by atoms with E-state index in [9.17, 15) is 4.79 Å². The topological polar surface area (TPSA) is 65.9 Å². The van der Waals surface area contributed by atoms with Crippen LogP contribution in [0, 0.1) is 11.8 Å². The number of fused-ring (bicyclic) bond motifs is 5. The van der Waals surface area contributed by atoms with E-state index in [1.165, 1.54) is 5.70 Å². The molecule has 35 heavy (non-hydrogen) atoms. The number of aromatic nitrogens is 2. The number of morpholine rings is 1. The number of hydrogen-bond donors (Lipinski definition) is 1. The molecule has 8 heteroatoms. The summed E-state index contributed by atoms with van der Waals surface area (Å²) in [5.74, 6) is 1.03. The smallest absolute Gasteiger partial charge is 0.253 e. The molecule has 1 N–H and O–H groups in total. The summed E-state index contributed by atoms with van der Waals surface area (Å²) in [6.45, 7) is 9.07. The number of likely N-dealkylation sites (tertiary alicyclic amines) is 1. The molecule has 0 spiro atoms. The minimum absolute atomic E-state index is 0.000341. The van der Waals surface area contributed by atoms with Gasteiger partial charge in [0.15, 0.2) is 0 Å². The van der Waals surface area contributed by atoms with Crippen molar-refractivity contribution in [1.82, 2.24) is 24.7 Å². The SMILES string of the molecule is C[C@@H]1CN(c2cc(=O)n(C)c3ncccc23)C[C@@H]2C3C=CC(N4CC5NCCO[C@@H]5C4)=CC3CN12. The van der Waals surface area contributed by atoms with Gasteiger partial charge in [0, 0.05) is 87.7 Å². The van der Waals surface area contributed by atoms with Gasteiger partial charge in [0.05, 0.1) is 24.4 Å². The number of pyridine rings is 2. The molecule has 0 amide bonds. The molecule has 1 aliphatic carbocycles. The average Bonchev–Trinajstić information content (AvgIpc) is 3.48. The van der Waals surface area contributed by atoms with Crippen LogP contribution in [0.2, 0.25) is 0 Å². The van der Waals surface area contributed by atoms with Crippen molar-refractivity contribution in [2.45, 2.75) is 31.2 Å². The molecule has 0 bridgehead atoms. The van der Waals surface area contributed by atoms with Gasteiger partial charge in [-0.3, -0.25) is 14.3 Å². The highest BCUT2D eigenvalue weighted by Crippen LogP contribution is 2.41. The third-order valence-electron chi connectivity index (χ3n) is 8.90. The molecule has 7 rings (SSSR count). The van der Waals surface area contributed by atoms with Crippen LogP contribution in [-0.4, -0.2) is 89.5 Å². The number of nitrogens with one attached hydrogen (secondary N) is 1. The lowest BCUT2D eigenvalue weighted by Crippen LogP contribution is -2.56. The molecule has 5 aliphatic rings. The molecule has 184 valence electrons. The Morgan fingerprint density at radius 3 is 2.94 bits per heavy atom. The molecule has 8 nitrogen and oxygen atoms in total. The zero-order valence-corrected chi connectivity index (χ0v) is 20.5. The Morgan fingerprint density at radius 1 is 1.14 bits per heavy atom. The fourth-order valence-corrected chi connectivity index (χ4v) is 7.12.